The Morgan fingerprint density at radius 3 is 2.48 bits per heavy atom. The second-order valence-corrected chi connectivity index (χ2v) is 11.9. The van der Waals surface area contributed by atoms with Gasteiger partial charge in [0.1, 0.15) is 0 Å². The van der Waals surface area contributed by atoms with Crippen molar-refractivity contribution < 1.29 is 9.59 Å². The molecule has 4 bridgehead atoms. The van der Waals surface area contributed by atoms with Gasteiger partial charge in [0.25, 0.3) is 0 Å². The molecule has 2 amide bonds. The lowest BCUT2D eigenvalue weighted by molar-refractivity contribution is -0.159. The van der Waals surface area contributed by atoms with E-state index >= 15 is 0 Å². The molecular formula is C29H32N2O2. The summed E-state index contributed by atoms with van der Waals surface area (Å²) < 4.78 is 0. The van der Waals surface area contributed by atoms with Gasteiger partial charge in [0.2, 0.25) is 11.8 Å². The number of benzene rings is 2. The summed E-state index contributed by atoms with van der Waals surface area (Å²) in [7, 11) is 0. The zero-order valence-corrected chi connectivity index (χ0v) is 19.4. The monoisotopic (exact) mass is 440 g/mol. The van der Waals surface area contributed by atoms with E-state index in [1.807, 2.05) is 18.2 Å². The predicted molar refractivity (Wildman–Crippen MR) is 128 cm³/mol. The van der Waals surface area contributed by atoms with Crippen molar-refractivity contribution in [2.45, 2.75) is 62.7 Å². The van der Waals surface area contributed by atoms with Gasteiger partial charge in [-0.05, 0) is 86.3 Å². The molecule has 4 aliphatic carbocycles. The molecule has 4 saturated carbocycles. The number of rotatable bonds is 2. The fourth-order valence-electron chi connectivity index (χ4n) is 8.85. The van der Waals surface area contributed by atoms with Crippen molar-refractivity contribution in [2.24, 2.45) is 17.3 Å². The Hall–Kier alpha value is -2.62. The van der Waals surface area contributed by atoms with E-state index in [0.29, 0.717) is 30.8 Å². The van der Waals surface area contributed by atoms with Crippen LogP contribution in [0.3, 0.4) is 0 Å². The van der Waals surface area contributed by atoms with Crippen LogP contribution in [0.25, 0.3) is 0 Å². The molecule has 4 nitrogen and oxygen atoms in total. The van der Waals surface area contributed by atoms with Crippen LogP contribution >= 0.6 is 0 Å². The molecule has 6 aliphatic rings. The maximum atomic E-state index is 14.3. The lowest BCUT2D eigenvalue weighted by atomic mass is 9.42. The van der Waals surface area contributed by atoms with Crippen LogP contribution in [0.2, 0.25) is 0 Å². The highest BCUT2D eigenvalue weighted by Crippen LogP contribution is 2.66. The molecule has 2 aromatic rings. The van der Waals surface area contributed by atoms with Gasteiger partial charge >= 0.3 is 0 Å². The molecule has 4 heteroatoms. The number of amides is 2. The van der Waals surface area contributed by atoms with Crippen molar-refractivity contribution >= 4 is 17.5 Å². The summed E-state index contributed by atoms with van der Waals surface area (Å²) in [6.07, 6.45) is 7.57. The summed E-state index contributed by atoms with van der Waals surface area (Å²) in [6.45, 7) is 3.37. The average Bonchev–Trinajstić information content (AvgIpc) is 3.35. The molecule has 2 aliphatic heterocycles. The molecule has 0 radical (unpaired) electrons. The molecule has 0 aromatic heterocycles. The van der Waals surface area contributed by atoms with Gasteiger partial charge < -0.3 is 10.2 Å². The first-order chi connectivity index (χ1) is 15.9. The highest BCUT2D eigenvalue weighted by molar-refractivity contribution is 6.07. The third-order valence-corrected chi connectivity index (χ3v) is 9.86. The van der Waals surface area contributed by atoms with Crippen molar-refractivity contribution in [1.82, 2.24) is 4.90 Å². The van der Waals surface area contributed by atoms with Gasteiger partial charge in [-0.25, -0.2) is 0 Å². The number of hydrogen-bond acceptors (Lipinski definition) is 2. The predicted octanol–water partition coefficient (Wildman–Crippen LogP) is 4.96. The summed E-state index contributed by atoms with van der Waals surface area (Å²) in [5.74, 6) is 1.72. The van der Waals surface area contributed by atoms with E-state index in [9.17, 15) is 9.59 Å². The first-order valence-electron chi connectivity index (χ1n) is 12.7. The van der Waals surface area contributed by atoms with Gasteiger partial charge in [0.05, 0.1) is 10.8 Å². The highest BCUT2D eigenvalue weighted by atomic mass is 16.2. The van der Waals surface area contributed by atoms with Crippen LogP contribution in [-0.4, -0.2) is 29.8 Å². The van der Waals surface area contributed by atoms with Crippen molar-refractivity contribution in [3.05, 3.63) is 65.2 Å². The molecule has 1 N–H and O–H groups in total. The normalized spacial score (nSPS) is 38.1. The van der Waals surface area contributed by atoms with E-state index in [1.165, 1.54) is 30.4 Å². The summed E-state index contributed by atoms with van der Waals surface area (Å²) in [4.78, 5) is 29.4. The standard InChI is InChI=1S/C29H32N2O2/c1-19-6-8-22(9-7-19)27-13-20-12-21(14-27)16-28(15-20,17-27)26(33)31-11-10-29(18-31)23-4-2-3-5-24(23)30-25(29)32/h2-9,20-21H,10-18H2,1H3,(H,30,32). The zero-order chi connectivity index (χ0) is 22.4. The fraction of sp³-hybridized carbons (Fsp3) is 0.517. The molecular weight excluding hydrogens is 408 g/mol. The first kappa shape index (κ1) is 19.8. The number of carbonyl (C=O) groups excluding carboxylic acids is 2. The average molecular weight is 441 g/mol. The highest BCUT2D eigenvalue weighted by Gasteiger charge is 2.63. The topological polar surface area (TPSA) is 49.4 Å². The maximum absolute atomic E-state index is 14.3. The first-order valence-corrected chi connectivity index (χ1v) is 12.7. The number of nitrogens with zero attached hydrogens (tertiary/aromatic N) is 1. The molecule has 2 heterocycles. The fourth-order valence-corrected chi connectivity index (χ4v) is 8.85. The summed E-state index contributed by atoms with van der Waals surface area (Å²) in [6, 6.07) is 17.2. The number of para-hydroxylation sites is 1. The number of carbonyl (C=O) groups is 2. The maximum Gasteiger partial charge on any atom is 0.236 e. The number of hydrogen-bond donors (Lipinski definition) is 1. The number of anilines is 1. The quantitative estimate of drug-likeness (QED) is 0.718. The Morgan fingerprint density at radius 1 is 1.00 bits per heavy atom. The van der Waals surface area contributed by atoms with E-state index in [0.717, 1.165) is 36.9 Å². The second kappa shape index (κ2) is 6.49. The molecule has 1 saturated heterocycles. The Kier molecular flexibility index (Phi) is 3.90. The van der Waals surface area contributed by atoms with Crippen LogP contribution in [0, 0.1) is 24.2 Å². The SMILES string of the molecule is Cc1ccc(C23CC4CC(CC(C(=O)N5CCC6(C5)C(=O)Nc5ccccc56)(C4)C2)C3)cc1. The Bertz CT molecular complexity index is 1150. The molecule has 170 valence electrons. The summed E-state index contributed by atoms with van der Waals surface area (Å²) in [5, 5.41) is 3.08. The lowest BCUT2D eigenvalue weighted by Crippen LogP contribution is -2.59. The largest absolute Gasteiger partial charge is 0.341 e. The minimum atomic E-state index is -0.566. The van der Waals surface area contributed by atoms with E-state index < -0.39 is 5.41 Å². The van der Waals surface area contributed by atoms with Crippen LogP contribution in [-0.2, 0) is 20.4 Å². The molecule has 5 fully saturated rings. The van der Waals surface area contributed by atoms with Gasteiger partial charge in [-0.2, -0.15) is 0 Å². The van der Waals surface area contributed by atoms with Gasteiger partial charge in [0, 0.05) is 18.8 Å². The van der Waals surface area contributed by atoms with E-state index in [4.69, 9.17) is 0 Å². The van der Waals surface area contributed by atoms with Crippen molar-refractivity contribution in [2.75, 3.05) is 18.4 Å². The second-order valence-electron chi connectivity index (χ2n) is 11.9. The molecule has 3 atom stereocenters. The van der Waals surface area contributed by atoms with Gasteiger partial charge in [0.15, 0.2) is 0 Å². The number of aryl methyl sites for hydroxylation is 1. The van der Waals surface area contributed by atoms with Crippen LogP contribution < -0.4 is 5.32 Å². The smallest absolute Gasteiger partial charge is 0.236 e. The van der Waals surface area contributed by atoms with Gasteiger partial charge in [-0.1, -0.05) is 48.0 Å². The summed E-state index contributed by atoms with van der Waals surface area (Å²) in [5.41, 5.74) is 4.09. The molecule has 3 unspecified atom stereocenters. The number of likely N-dealkylation sites (tertiary alicyclic amines) is 1. The number of nitrogens with one attached hydrogen (secondary N) is 1. The van der Waals surface area contributed by atoms with Crippen LogP contribution in [0.5, 0.6) is 0 Å². The van der Waals surface area contributed by atoms with Gasteiger partial charge in [-0.3, -0.25) is 9.59 Å². The third-order valence-electron chi connectivity index (χ3n) is 9.86. The van der Waals surface area contributed by atoms with Crippen LogP contribution in [0.15, 0.2) is 48.5 Å². The Morgan fingerprint density at radius 2 is 1.73 bits per heavy atom. The van der Waals surface area contributed by atoms with E-state index in [-0.39, 0.29) is 16.7 Å². The van der Waals surface area contributed by atoms with E-state index in [1.54, 1.807) is 0 Å². The van der Waals surface area contributed by atoms with E-state index in [2.05, 4.69) is 47.5 Å². The minimum absolute atomic E-state index is 0.0700. The lowest BCUT2D eigenvalue weighted by Gasteiger charge is -2.62. The molecule has 1 spiro atoms. The van der Waals surface area contributed by atoms with Gasteiger partial charge in [-0.15, -0.1) is 0 Å². The van der Waals surface area contributed by atoms with Crippen molar-refractivity contribution in [1.29, 1.82) is 0 Å². The summed E-state index contributed by atoms with van der Waals surface area (Å²) >= 11 is 0. The Balaban J connectivity index is 1.21. The molecule has 8 rings (SSSR count). The Labute approximate surface area is 195 Å². The number of fused-ring (bicyclic) bond motifs is 2. The van der Waals surface area contributed by atoms with Crippen molar-refractivity contribution in [3.8, 4) is 0 Å². The minimum Gasteiger partial charge on any atom is -0.341 e. The zero-order valence-electron chi connectivity index (χ0n) is 19.4. The van der Waals surface area contributed by atoms with Crippen LogP contribution in [0.1, 0.15) is 61.6 Å². The van der Waals surface area contributed by atoms with Crippen molar-refractivity contribution in [3.63, 3.8) is 0 Å². The molecule has 33 heavy (non-hydrogen) atoms. The third kappa shape index (κ3) is 2.64. The molecule has 2 aromatic carbocycles. The van der Waals surface area contributed by atoms with Crippen LogP contribution in [0.4, 0.5) is 5.69 Å².